The Morgan fingerprint density at radius 1 is 1.32 bits per heavy atom. The highest BCUT2D eigenvalue weighted by Crippen LogP contribution is 2.13. The highest BCUT2D eigenvalue weighted by molar-refractivity contribution is 5.86. The van der Waals surface area contributed by atoms with E-state index in [1.54, 1.807) is 30.6 Å². The van der Waals surface area contributed by atoms with Crippen LogP contribution in [-0.4, -0.2) is 30.7 Å². The molecule has 3 rings (SSSR count). The molecule has 0 atom stereocenters. The summed E-state index contributed by atoms with van der Waals surface area (Å²) in [6.45, 7) is 0. The van der Waals surface area contributed by atoms with Crippen molar-refractivity contribution in [3.05, 3.63) is 48.5 Å². The van der Waals surface area contributed by atoms with Crippen LogP contribution >= 0.6 is 0 Å². The predicted molar refractivity (Wildman–Crippen MR) is 67.5 cm³/mol. The van der Waals surface area contributed by atoms with Crippen LogP contribution in [0.15, 0.2) is 42.9 Å². The van der Waals surface area contributed by atoms with Gasteiger partial charge in [0.15, 0.2) is 17.2 Å². The third-order valence-corrected chi connectivity index (χ3v) is 2.47. The van der Waals surface area contributed by atoms with Crippen molar-refractivity contribution in [2.45, 2.75) is 0 Å². The Kier molecular flexibility index (Phi) is 2.57. The van der Waals surface area contributed by atoms with Gasteiger partial charge in [-0.2, -0.15) is 0 Å². The van der Waals surface area contributed by atoms with Crippen LogP contribution in [0.5, 0.6) is 0 Å². The van der Waals surface area contributed by atoms with Gasteiger partial charge in [-0.3, -0.25) is 4.98 Å². The molecule has 19 heavy (non-hydrogen) atoms. The summed E-state index contributed by atoms with van der Waals surface area (Å²) in [6, 6.07) is 7.08. The van der Waals surface area contributed by atoms with Gasteiger partial charge in [0, 0.05) is 6.20 Å². The Bertz CT molecular complexity index is 738. The number of hydrogen-bond donors (Lipinski definition) is 2. The highest BCUT2D eigenvalue weighted by atomic mass is 16.4. The average molecular weight is 255 g/mol. The maximum Gasteiger partial charge on any atom is 0.356 e. The lowest BCUT2D eigenvalue weighted by Gasteiger charge is -2.04. The van der Waals surface area contributed by atoms with Crippen molar-refractivity contribution in [2.24, 2.45) is 0 Å². The van der Waals surface area contributed by atoms with Gasteiger partial charge in [0.05, 0.1) is 18.1 Å². The van der Waals surface area contributed by atoms with Gasteiger partial charge >= 0.3 is 5.97 Å². The Hall–Kier alpha value is -2.96. The summed E-state index contributed by atoms with van der Waals surface area (Å²) in [4.78, 5) is 18.7. The number of aromatic nitrogens is 4. The summed E-state index contributed by atoms with van der Waals surface area (Å²) in [7, 11) is 0. The van der Waals surface area contributed by atoms with E-state index in [2.05, 4.69) is 20.4 Å². The molecule has 0 spiro atoms. The molecule has 3 aromatic rings. The van der Waals surface area contributed by atoms with Gasteiger partial charge in [0.2, 0.25) is 0 Å². The molecule has 0 saturated heterocycles. The van der Waals surface area contributed by atoms with E-state index in [-0.39, 0.29) is 5.69 Å². The summed E-state index contributed by atoms with van der Waals surface area (Å²) >= 11 is 0. The van der Waals surface area contributed by atoms with Crippen LogP contribution < -0.4 is 5.32 Å². The SMILES string of the molecule is O=C(O)c1cn2nc(Nc3cccnc3)ccc2n1. The molecule has 0 fully saturated rings. The van der Waals surface area contributed by atoms with E-state index in [0.29, 0.717) is 11.5 Å². The van der Waals surface area contributed by atoms with E-state index >= 15 is 0 Å². The Balaban J connectivity index is 1.95. The first kappa shape index (κ1) is 11.1. The van der Waals surface area contributed by atoms with E-state index in [1.165, 1.54) is 10.7 Å². The molecule has 2 N–H and O–H groups in total. The predicted octanol–water partition coefficient (Wildman–Crippen LogP) is 1.57. The van der Waals surface area contributed by atoms with Crippen LogP contribution in [0.1, 0.15) is 10.5 Å². The summed E-state index contributed by atoms with van der Waals surface area (Å²) in [5, 5.41) is 16.2. The van der Waals surface area contributed by atoms with E-state index in [4.69, 9.17) is 5.11 Å². The van der Waals surface area contributed by atoms with E-state index in [9.17, 15) is 4.79 Å². The number of imidazole rings is 1. The maximum atomic E-state index is 10.8. The standard InChI is InChI=1S/C12H9N5O2/c18-12(19)9-7-17-11(15-9)4-3-10(16-17)14-8-2-1-5-13-6-8/h1-7H,(H,14,16)(H,18,19). The molecule has 0 amide bonds. The lowest BCUT2D eigenvalue weighted by Crippen LogP contribution is -1.98. The lowest BCUT2D eigenvalue weighted by atomic mass is 10.4. The molecule has 0 aliphatic carbocycles. The van der Waals surface area contributed by atoms with Crippen LogP contribution in [0, 0.1) is 0 Å². The summed E-state index contributed by atoms with van der Waals surface area (Å²) < 4.78 is 1.42. The van der Waals surface area contributed by atoms with Crippen LogP contribution in [0.25, 0.3) is 5.65 Å². The van der Waals surface area contributed by atoms with Crippen molar-refractivity contribution in [3.63, 3.8) is 0 Å². The minimum Gasteiger partial charge on any atom is -0.476 e. The Morgan fingerprint density at radius 2 is 2.21 bits per heavy atom. The number of rotatable bonds is 3. The van der Waals surface area contributed by atoms with Crippen molar-refractivity contribution in [1.29, 1.82) is 0 Å². The maximum absolute atomic E-state index is 10.8. The molecule has 0 aromatic carbocycles. The molecule has 0 saturated carbocycles. The van der Waals surface area contributed by atoms with Crippen molar-refractivity contribution in [3.8, 4) is 0 Å². The molecular formula is C12H9N5O2. The molecule has 0 unspecified atom stereocenters. The number of carboxylic acids is 1. The fraction of sp³-hybridized carbons (Fsp3) is 0. The molecule has 94 valence electrons. The van der Waals surface area contributed by atoms with Crippen LogP contribution in [0.3, 0.4) is 0 Å². The number of hydrogen-bond acceptors (Lipinski definition) is 5. The molecule has 0 radical (unpaired) electrons. The quantitative estimate of drug-likeness (QED) is 0.738. The summed E-state index contributed by atoms with van der Waals surface area (Å²) in [5.41, 5.74) is 1.24. The van der Waals surface area contributed by atoms with Crippen molar-refractivity contribution < 1.29 is 9.90 Å². The van der Waals surface area contributed by atoms with E-state index < -0.39 is 5.97 Å². The second kappa shape index (κ2) is 4.37. The second-order valence-electron chi connectivity index (χ2n) is 3.82. The number of carboxylic acid groups (broad SMARTS) is 1. The molecule has 0 aliphatic rings. The molecule has 0 bridgehead atoms. The lowest BCUT2D eigenvalue weighted by molar-refractivity contribution is 0.0691. The average Bonchev–Trinajstić information content (AvgIpc) is 2.83. The topological polar surface area (TPSA) is 92.4 Å². The van der Waals surface area contributed by atoms with Crippen molar-refractivity contribution >= 4 is 23.1 Å². The zero-order valence-corrected chi connectivity index (χ0v) is 9.69. The first-order chi connectivity index (χ1) is 9.22. The van der Waals surface area contributed by atoms with Crippen molar-refractivity contribution in [1.82, 2.24) is 19.6 Å². The molecular weight excluding hydrogens is 246 g/mol. The van der Waals surface area contributed by atoms with Crippen molar-refractivity contribution in [2.75, 3.05) is 5.32 Å². The Morgan fingerprint density at radius 3 is 2.95 bits per heavy atom. The zero-order valence-electron chi connectivity index (χ0n) is 9.69. The van der Waals surface area contributed by atoms with Crippen LogP contribution in [0.4, 0.5) is 11.5 Å². The fourth-order valence-corrected chi connectivity index (χ4v) is 1.64. The number of nitrogens with one attached hydrogen (secondary N) is 1. The van der Waals surface area contributed by atoms with E-state index in [0.717, 1.165) is 5.69 Å². The highest BCUT2D eigenvalue weighted by Gasteiger charge is 2.09. The minimum atomic E-state index is -1.08. The smallest absolute Gasteiger partial charge is 0.356 e. The largest absolute Gasteiger partial charge is 0.476 e. The second-order valence-corrected chi connectivity index (χ2v) is 3.82. The number of fused-ring (bicyclic) bond motifs is 1. The molecule has 3 aromatic heterocycles. The molecule has 7 nitrogen and oxygen atoms in total. The van der Waals surface area contributed by atoms with Gasteiger partial charge in [-0.05, 0) is 24.3 Å². The van der Waals surface area contributed by atoms with Gasteiger partial charge in [-0.1, -0.05) is 0 Å². The normalized spacial score (nSPS) is 10.5. The third-order valence-electron chi connectivity index (χ3n) is 2.47. The molecule has 7 heteroatoms. The van der Waals surface area contributed by atoms with E-state index in [1.807, 2.05) is 6.07 Å². The molecule has 3 heterocycles. The monoisotopic (exact) mass is 255 g/mol. The van der Waals surface area contributed by atoms with Crippen LogP contribution in [0.2, 0.25) is 0 Å². The first-order valence-corrected chi connectivity index (χ1v) is 5.49. The zero-order chi connectivity index (χ0) is 13.2. The van der Waals surface area contributed by atoms with Gasteiger partial charge in [-0.25, -0.2) is 14.3 Å². The van der Waals surface area contributed by atoms with Gasteiger partial charge in [-0.15, -0.1) is 5.10 Å². The van der Waals surface area contributed by atoms with Gasteiger partial charge in [0.25, 0.3) is 0 Å². The number of pyridine rings is 1. The number of aromatic carboxylic acids is 1. The van der Waals surface area contributed by atoms with Gasteiger partial charge in [0.1, 0.15) is 0 Å². The Labute approximate surface area is 107 Å². The molecule has 0 aliphatic heterocycles. The number of carbonyl (C=O) groups is 1. The number of nitrogens with zero attached hydrogens (tertiary/aromatic N) is 4. The van der Waals surface area contributed by atoms with Gasteiger partial charge < -0.3 is 10.4 Å². The summed E-state index contributed by atoms with van der Waals surface area (Å²) in [6.07, 6.45) is 4.71. The number of anilines is 2. The summed E-state index contributed by atoms with van der Waals surface area (Å²) in [5.74, 6) is -0.498. The first-order valence-electron chi connectivity index (χ1n) is 5.49. The van der Waals surface area contributed by atoms with Crippen LogP contribution in [-0.2, 0) is 0 Å². The fourth-order valence-electron chi connectivity index (χ4n) is 1.64. The minimum absolute atomic E-state index is 0.0361. The third kappa shape index (κ3) is 2.21.